The molecule has 0 amide bonds. The van der Waals surface area contributed by atoms with Gasteiger partial charge in [0.25, 0.3) is 0 Å². The van der Waals surface area contributed by atoms with Crippen LogP contribution in [-0.2, 0) is 16.6 Å². The maximum Gasteiger partial charge on any atom is 0.208 e. The van der Waals surface area contributed by atoms with E-state index in [1.807, 2.05) is 6.07 Å². The lowest BCUT2D eigenvalue weighted by atomic mass is 10.4. The second kappa shape index (κ2) is 4.91. The Morgan fingerprint density at radius 3 is 3.00 bits per heavy atom. The number of sulfonamides is 1. The molecule has 18 heavy (non-hydrogen) atoms. The molecule has 0 fully saturated rings. The van der Waals surface area contributed by atoms with Crippen LogP contribution in [0.1, 0.15) is 6.42 Å². The Labute approximate surface area is 105 Å². The zero-order chi connectivity index (χ0) is 13.2. The van der Waals surface area contributed by atoms with Gasteiger partial charge >= 0.3 is 0 Å². The molecule has 2 rings (SSSR count). The lowest BCUT2D eigenvalue weighted by molar-refractivity contribution is 0.578. The van der Waals surface area contributed by atoms with Crippen molar-refractivity contribution in [2.45, 2.75) is 13.0 Å². The van der Waals surface area contributed by atoms with E-state index >= 15 is 0 Å². The number of anilines is 1. The molecular weight excluding hydrogens is 254 g/mol. The Morgan fingerprint density at radius 2 is 2.28 bits per heavy atom. The minimum absolute atomic E-state index is 0.366. The van der Waals surface area contributed by atoms with Crippen molar-refractivity contribution in [3.8, 4) is 0 Å². The summed E-state index contributed by atoms with van der Waals surface area (Å²) in [5.41, 5.74) is 7.25. The number of hydrogen-bond acceptors (Lipinski definition) is 5. The van der Waals surface area contributed by atoms with E-state index in [2.05, 4.69) is 14.7 Å². The molecule has 8 heteroatoms. The molecular formula is C10H15N5O2S. The predicted molar refractivity (Wildman–Crippen MR) is 69.4 cm³/mol. The van der Waals surface area contributed by atoms with E-state index in [1.54, 1.807) is 16.8 Å². The standard InChI is InChI=1S/C10H15N5O2S/c1-18(16,17)13-6-3-7-15-9-8(14-10(15)11)4-2-5-12-9/h2,4-5,13H,3,6-7H2,1H3,(H2,11,14). The molecule has 2 aromatic heterocycles. The molecule has 0 spiro atoms. The van der Waals surface area contributed by atoms with Crippen LogP contribution in [0.3, 0.4) is 0 Å². The van der Waals surface area contributed by atoms with Crippen molar-refractivity contribution in [2.24, 2.45) is 0 Å². The first kappa shape index (κ1) is 12.8. The van der Waals surface area contributed by atoms with Crippen molar-refractivity contribution in [3.05, 3.63) is 18.3 Å². The predicted octanol–water partition coefficient (Wildman–Crippen LogP) is -0.0472. The molecule has 0 aromatic carbocycles. The highest BCUT2D eigenvalue weighted by Crippen LogP contribution is 2.14. The second-order valence-corrected chi connectivity index (χ2v) is 5.82. The Balaban J connectivity index is 2.06. The fraction of sp³-hybridized carbons (Fsp3) is 0.400. The van der Waals surface area contributed by atoms with Crippen molar-refractivity contribution in [2.75, 3.05) is 18.5 Å². The molecule has 3 N–H and O–H groups in total. The van der Waals surface area contributed by atoms with E-state index in [0.29, 0.717) is 31.1 Å². The van der Waals surface area contributed by atoms with Crippen LogP contribution in [0.2, 0.25) is 0 Å². The van der Waals surface area contributed by atoms with Gasteiger partial charge in [-0.1, -0.05) is 0 Å². The highest BCUT2D eigenvalue weighted by Gasteiger charge is 2.08. The number of nitrogens with two attached hydrogens (primary N) is 1. The maximum atomic E-state index is 10.9. The summed E-state index contributed by atoms with van der Waals surface area (Å²) in [6.45, 7) is 0.937. The van der Waals surface area contributed by atoms with Crippen molar-refractivity contribution in [3.63, 3.8) is 0 Å². The number of hydrogen-bond donors (Lipinski definition) is 2. The number of aryl methyl sites for hydroxylation is 1. The Bertz CT molecular complexity index is 649. The Kier molecular flexibility index (Phi) is 3.48. The summed E-state index contributed by atoms with van der Waals surface area (Å²) in [6, 6.07) is 3.63. The molecule has 0 saturated heterocycles. The van der Waals surface area contributed by atoms with Gasteiger partial charge in [-0.3, -0.25) is 4.57 Å². The number of nitrogen functional groups attached to an aromatic ring is 1. The fourth-order valence-electron chi connectivity index (χ4n) is 1.69. The third kappa shape index (κ3) is 2.96. The average Bonchev–Trinajstić information content (AvgIpc) is 2.59. The Morgan fingerprint density at radius 1 is 1.50 bits per heavy atom. The van der Waals surface area contributed by atoms with Crippen LogP contribution >= 0.6 is 0 Å². The van der Waals surface area contributed by atoms with E-state index in [1.165, 1.54) is 0 Å². The number of fused-ring (bicyclic) bond motifs is 1. The van der Waals surface area contributed by atoms with Crippen LogP contribution in [0.5, 0.6) is 0 Å². The lowest BCUT2D eigenvalue weighted by Crippen LogP contribution is -2.24. The maximum absolute atomic E-state index is 10.9. The second-order valence-electron chi connectivity index (χ2n) is 3.99. The van der Waals surface area contributed by atoms with Crippen LogP contribution in [0, 0.1) is 0 Å². The van der Waals surface area contributed by atoms with Crippen molar-refractivity contribution >= 4 is 27.1 Å². The summed E-state index contributed by atoms with van der Waals surface area (Å²) < 4.78 is 26.0. The molecule has 7 nitrogen and oxygen atoms in total. The monoisotopic (exact) mass is 269 g/mol. The van der Waals surface area contributed by atoms with Gasteiger partial charge < -0.3 is 5.73 Å². The first-order chi connectivity index (χ1) is 8.47. The van der Waals surface area contributed by atoms with Gasteiger partial charge in [0.2, 0.25) is 16.0 Å². The van der Waals surface area contributed by atoms with Crippen LogP contribution in [0.25, 0.3) is 11.2 Å². The largest absolute Gasteiger partial charge is 0.369 e. The van der Waals surface area contributed by atoms with E-state index < -0.39 is 10.0 Å². The van der Waals surface area contributed by atoms with Gasteiger partial charge in [0.05, 0.1) is 6.26 Å². The topological polar surface area (TPSA) is 103 Å². The molecule has 98 valence electrons. The van der Waals surface area contributed by atoms with E-state index in [4.69, 9.17) is 5.73 Å². The van der Waals surface area contributed by atoms with Gasteiger partial charge in [0.15, 0.2) is 5.65 Å². The van der Waals surface area contributed by atoms with Gasteiger partial charge in [-0.15, -0.1) is 0 Å². The summed E-state index contributed by atoms with van der Waals surface area (Å²) in [5, 5.41) is 0. The summed E-state index contributed by atoms with van der Waals surface area (Å²) in [5.74, 6) is 0.392. The van der Waals surface area contributed by atoms with Gasteiger partial charge in [0, 0.05) is 19.3 Å². The molecule has 0 bridgehead atoms. The number of rotatable bonds is 5. The molecule has 0 unspecified atom stereocenters. The lowest BCUT2D eigenvalue weighted by Gasteiger charge is -2.05. The highest BCUT2D eigenvalue weighted by molar-refractivity contribution is 7.88. The molecule has 0 saturated carbocycles. The van der Waals surface area contributed by atoms with Crippen LogP contribution in [0.4, 0.5) is 5.95 Å². The first-order valence-corrected chi connectivity index (χ1v) is 7.38. The van der Waals surface area contributed by atoms with Gasteiger partial charge in [-0.2, -0.15) is 0 Å². The van der Waals surface area contributed by atoms with E-state index in [9.17, 15) is 8.42 Å². The fourth-order valence-corrected chi connectivity index (χ4v) is 2.21. The summed E-state index contributed by atoms with van der Waals surface area (Å²) in [4.78, 5) is 8.39. The van der Waals surface area contributed by atoms with Gasteiger partial charge in [0.1, 0.15) is 5.52 Å². The third-order valence-corrected chi connectivity index (χ3v) is 3.18. The number of pyridine rings is 1. The third-order valence-electron chi connectivity index (χ3n) is 2.46. The quantitative estimate of drug-likeness (QED) is 0.741. The molecule has 0 aliphatic carbocycles. The molecule has 2 aromatic rings. The zero-order valence-electron chi connectivity index (χ0n) is 10.00. The number of aromatic nitrogens is 3. The van der Waals surface area contributed by atoms with Crippen molar-refractivity contribution in [1.82, 2.24) is 19.3 Å². The zero-order valence-corrected chi connectivity index (χ0v) is 10.8. The highest BCUT2D eigenvalue weighted by atomic mass is 32.2. The Hall–Kier alpha value is -1.67. The van der Waals surface area contributed by atoms with Gasteiger partial charge in [-0.25, -0.2) is 23.1 Å². The summed E-state index contributed by atoms with van der Waals surface area (Å²) in [6.07, 6.45) is 3.43. The normalized spacial score (nSPS) is 12.1. The molecule has 0 aliphatic heterocycles. The minimum atomic E-state index is -3.14. The molecule has 0 aliphatic rings. The van der Waals surface area contributed by atoms with Crippen LogP contribution in [0.15, 0.2) is 18.3 Å². The van der Waals surface area contributed by atoms with E-state index in [-0.39, 0.29) is 0 Å². The SMILES string of the molecule is CS(=O)(=O)NCCCn1c(N)nc2cccnc21. The van der Waals surface area contributed by atoms with Crippen LogP contribution < -0.4 is 10.5 Å². The first-order valence-electron chi connectivity index (χ1n) is 5.49. The summed E-state index contributed by atoms with van der Waals surface area (Å²) >= 11 is 0. The summed E-state index contributed by atoms with van der Waals surface area (Å²) in [7, 11) is -3.14. The number of nitrogens with zero attached hydrogens (tertiary/aromatic N) is 3. The number of nitrogens with one attached hydrogen (secondary N) is 1. The minimum Gasteiger partial charge on any atom is -0.369 e. The molecule has 2 heterocycles. The van der Waals surface area contributed by atoms with Gasteiger partial charge in [-0.05, 0) is 18.6 Å². The van der Waals surface area contributed by atoms with Crippen LogP contribution in [-0.4, -0.2) is 35.8 Å². The molecule has 0 radical (unpaired) electrons. The average molecular weight is 269 g/mol. The van der Waals surface area contributed by atoms with E-state index in [0.717, 1.165) is 11.8 Å². The van der Waals surface area contributed by atoms with Crippen molar-refractivity contribution in [1.29, 1.82) is 0 Å². The molecule has 0 atom stereocenters. The number of imidazole rings is 1. The smallest absolute Gasteiger partial charge is 0.208 e. The van der Waals surface area contributed by atoms with Crippen molar-refractivity contribution < 1.29 is 8.42 Å².